The van der Waals surface area contributed by atoms with E-state index in [0.29, 0.717) is 10.6 Å². The third kappa shape index (κ3) is 5.07. The summed E-state index contributed by atoms with van der Waals surface area (Å²) < 4.78 is 26.9. The average molecular weight is 476 g/mol. The molecular formula is C20H21N5O5S2. The van der Waals surface area contributed by atoms with E-state index < -0.39 is 14.9 Å². The molecule has 0 radical (unpaired) electrons. The maximum Gasteiger partial charge on any atom is 0.270 e. The van der Waals surface area contributed by atoms with E-state index in [1.165, 1.54) is 34.3 Å². The molecule has 1 saturated heterocycles. The number of carbonyl (C=O) groups is 1. The summed E-state index contributed by atoms with van der Waals surface area (Å²) in [6.07, 6.45) is 0. The Labute approximate surface area is 190 Å². The number of hydrogen-bond acceptors (Lipinski definition) is 8. The topological polar surface area (TPSA) is 138 Å². The van der Waals surface area contributed by atoms with Gasteiger partial charge in [0, 0.05) is 44.0 Å². The number of piperazine rings is 1. The lowest BCUT2D eigenvalue weighted by molar-refractivity contribution is -0.385. The summed E-state index contributed by atoms with van der Waals surface area (Å²) in [6.45, 7) is 4.23. The Kier molecular flexibility index (Phi) is 7.12. The number of rotatable bonds is 6. The molecule has 1 aromatic carbocycles. The molecule has 10 nitrogen and oxygen atoms in total. The number of amides is 1. The Morgan fingerprint density at radius 3 is 2.56 bits per heavy atom. The summed E-state index contributed by atoms with van der Waals surface area (Å²) in [7, 11) is -3.90. The molecule has 32 heavy (non-hydrogen) atoms. The second-order valence-electron chi connectivity index (χ2n) is 7.20. The summed E-state index contributed by atoms with van der Waals surface area (Å²) in [5.41, 5.74) is 1.71. The molecule has 0 N–H and O–H groups in total. The fraction of sp³-hybridized carbons (Fsp3) is 0.350. The van der Waals surface area contributed by atoms with Crippen molar-refractivity contribution in [2.75, 3.05) is 31.9 Å². The highest BCUT2D eigenvalue weighted by Crippen LogP contribution is 2.25. The highest BCUT2D eigenvalue weighted by atomic mass is 32.2. The number of nitro groups is 1. The molecule has 168 valence electrons. The molecule has 0 aliphatic carbocycles. The number of aryl methyl sites for hydroxylation is 2. The van der Waals surface area contributed by atoms with Gasteiger partial charge in [0.15, 0.2) is 0 Å². The summed E-state index contributed by atoms with van der Waals surface area (Å²) >= 11 is 1.19. The van der Waals surface area contributed by atoms with Crippen molar-refractivity contribution in [3.63, 3.8) is 0 Å². The summed E-state index contributed by atoms with van der Waals surface area (Å²) in [5, 5.41) is 20.8. The Morgan fingerprint density at radius 2 is 1.94 bits per heavy atom. The third-order valence-corrected chi connectivity index (χ3v) is 7.87. The number of nitrogens with zero attached hydrogens (tertiary/aromatic N) is 5. The summed E-state index contributed by atoms with van der Waals surface area (Å²) in [5.74, 6) is -0.0883. The van der Waals surface area contributed by atoms with Crippen molar-refractivity contribution in [2.45, 2.75) is 23.8 Å². The van der Waals surface area contributed by atoms with Crippen LogP contribution in [-0.2, 0) is 14.8 Å². The van der Waals surface area contributed by atoms with E-state index in [2.05, 4.69) is 11.1 Å². The lowest BCUT2D eigenvalue weighted by Crippen LogP contribution is -2.50. The van der Waals surface area contributed by atoms with Crippen LogP contribution in [0.1, 0.15) is 16.8 Å². The first-order valence-corrected chi connectivity index (χ1v) is 12.1. The smallest absolute Gasteiger partial charge is 0.270 e. The number of carbonyl (C=O) groups excluding carboxylic acids is 1. The van der Waals surface area contributed by atoms with Crippen molar-refractivity contribution >= 4 is 33.4 Å². The van der Waals surface area contributed by atoms with Crippen LogP contribution in [0.3, 0.4) is 0 Å². The Morgan fingerprint density at radius 1 is 1.25 bits per heavy atom. The lowest BCUT2D eigenvalue weighted by atomic mass is 10.1. The van der Waals surface area contributed by atoms with Crippen LogP contribution in [0.4, 0.5) is 5.69 Å². The van der Waals surface area contributed by atoms with Crippen molar-refractivity contribution in [3.8, 4) is 6.07 Å². The van der Waals surface area contributed by atoms with E-state index in [1.54, 1.807) is 4.90 Å². The van der Waals surface area contributed by atoms with E-state index in [4.69, 9.17) is 0 Å². The van der Waals surface area contributed by atoms with Crippen LogP contribution >= 0.6 is 11.8 Å². The van der Waals surface area contributed by atoms with E-state index in [9.17, 15) is 28.6 Å². The van der Waals surface area contributed by atoms with Gasteiger partial charge < -0.3 is 4.90 Å². The number of hydrogen-bond donors (Lipinski definition) is 0. The molecule has 1 aliphatic rings. The van der Waals surface area contributed by atoms with Gasteiger partial charge in [0.2, 0.25) is 15.9 Å². The minimum atomic E-state index is -3.90. The lowest BCUT2D eigenvalue weighted by Gasteiger charge is -2.34. The molecule has 1 aliphatic heterocycles. The molecule has 1 amide bonds. The number of benzene rings is 1. The zero-order chi connectivity index (χ0) is 23.5. The van der Waals surface area contributed by atoms with Gasteiger partial charge in [0.05, 0.1) is 21.1 Å². The van der Waals surface area contributed by atoms with Crippen LogP contribution in [0, 0.1) is 35.3 Å². The summed E-state index contributed by atoms with van der Waals surface area (Å²) in [6, 6.07) is 8.85. The van der Waals surface area contributed by atoms with Crippen LogP contribution in [0.25, 0.3) is 0 Å². The Hall–Kier alpha value is -3.01. The zero-order valence-corrected chi connectivity index (χ0v) is 19.1. The maximum atomic E-state index is 12.8. The average Bonchev–Trinajstić information content (AvgIpc) is 2.77. The number of nitro benzene ring substituents is 1. The molecule has 0 bridgehead atoms. The van der Waals surface area contributed by atoms with Crippen molar-refractivity contribution in [1.29, 1.82) is 5.26 Å². The Balaban J connectivity index is 1.62. The molecule has 2 heterocycles. The van der Waals surface area contributed by atoms with Gasteiger partial charge in [-0.25, -0.2) is 13.4 Å². The number of non-ortho nitro benzene ring substituents is 1. The van der Waals surface area contributed by atoms with E-state index >= 15 is 0 Å². The normalized spacial score (nSPS) is 14.7. The first kappa shape index (κ1) is 23.6. The number of nitriles is 1. The fourth-order valence-electron chi connectivity index (χ4n) is 3.35. The molecule has 12 heteroatoms. The second-order valence-corrected chi connectivity index (χ2v) is 10.1. The van der Waals surface area contributed by atoms with Gasteiger partial charge in [-0.3, -0.25) is 14.9 Å². The van der Waals surface area contributed by atoms with Gasteiger partial charge in [-0.1, -0.05) is 17.8 Å². The van der Waals surface area contributed by atoms with Gasteiger partial charge in [0.25, 0.3) is 5.69 Å². The van der Waals surface area contributed by atoms with Crippen molar-refractivity contribution in [1.82, 2.24) is 14.2 Å². The van der Waals surface area contributed by atoms with E-state index in [1.807, 2.05) is 19.9 Å². The van der Waals surface area contributed by atoms with Crippen molar-refractivity contribution in [3.05, 3.63) is 57.3 Å². The maximum absolute atomic E-state index is 12.8. The van der Waals surface area contributed by atoms with Gasteiger partial charge in [-0.15, -0.1) is 0 Å². The molecule has 1 aromatic heterocycles. The number of thioether (sulfide) groups is 1. The van der Waals surface area contributed by atoms with Gasteiger partial charge in [-0.2, -0.15) is 9.57 Å². The van der Waals surface area contributed by atoms with Crippen molar-refractivity contribution in [2.24, 2.45) is 0 Å². The predicted octanol–water partition coefficient (Wildman–Crippen LogP) is 2.10. The minimum absolute atomic E-state index is 0.0855. The van der Waals surface area contributed by atoms with Crippen LogP contribution < -0.4 is 0 Å². The molecule has 0 atom stereocenters. The zero-order valence-electron chi connectivity index (χ0n) is 17.5. The monoisotopic (exact) mass is 475 g/mol. The first-order chi connectivity index (χ1) is 15.1. The van der Waals surface area contributed by atoms with Crippen LogP contribution in [0.15, 0.2) is 40.3 Å². The minimum Gasteiger partial charge on any atom is -0.339 e. The van der Waals surface area contributed by atoms with E-state index in [-0.39, 0.29) is 48.4 Å². The predicted molar refractivity (Wildman–Crippen MR) is 118 cm³/mol. The van der Waals surface area contributed by atoms with Gasteiger partial charge in [-0.05, 0) is 31.5 Å². The van der Waals surface area contributed by atoms with E-state index in [0.717, 1.165) is 17.3 Å². The van der Waals surface area contributed by atoms with Gasteiger partial charge >= 0.3 is 0 Å². The standard InChI is InChI=1S/C20H21N5O5S2/c1-14-10-15(2)22-20(18(14)12-21)31-13-19(26)23-6-8-24(9-7-23)32(29,30)17-5-3-4-16(11-17)25(27)28/h3-5,10-11H,6-9,13H2,1-2H3. The molecule has 3 rings (SSSR count). The van der Waals surface area contributed by atoms with Crippen molar-refractivity contribution < 1.29 is 18.1 Å². The first-order valence-electron chi connectivity index (χ1n) is 9.67. The van der Waals surface area contributed by atoms with Crippen LogP contribution in [0.5, 0.6) is 0 Å². The molecule has 0 saturated carbocycles. The SMILES string of the molecule is Cc1cc(C)c(C#N)c(SCC(=O)N2CCN(S(=O)(=O)c3cccc([N+](=O)[O-])c3)CC2)n1. The van der Waals surface area contributed by atoms with Gasteiger partial charge in [0.1, 0.15) is 11.1 Å². The highest BCUT2D eigenvalue weighted by Gasteiger charge is 2.31. The Bertz CT molecular complexity index is 1200. The third-order valence-electron chi connectivity index (χ3n) is 5.01. The highest BCUT2D eigenvalue weighted by molar-refractivity contribution is 8.00. The summed E-state index contributed by atoms with van der Waals surface area (Å²) in [4.78, 5) is 28.7. The molecular weight excluding hydrogens is 454 g/mol. The van der Waals surface area contributed by atoms with Crippen LogP contribution in [0.2, 0.25) is 0 Å². The quantitative estimate of drug-likeness (QED) is 0.352. The molecule has 1 fully saturated rings. The van der Waals surface area contributed by atoms with Crippen LogP contribution in [-0.4, -0.2) is 65.4 Å². The fourth-order valence-corrected chi connectivity index (χ4v) is 5.81. The molecule has 0 unspecified atom stereocenters. The number of pyridine rings is 1. The molecule has 0 spiro atoms. The largest absolute Gasteiger partial charge is 0.339 e. The number of sulfonamides is 1. The number of aromatic nitrogens is 1. The molecule has 2 aromatic rings. The second kappa shape index (κ2) is 9.64.